The van der Waals surface area contributed by atoms with Crippen molar-refractivity contribution in [2.75, 3.05) is 32.2 Å². The van der Waals surface area contributed by atoms with E-state index in [1.165, 1.54) is 7.11 Å². The third-order valence-corrected chi connectivity index (χ3v) is 3.61. The van der Waals surface area contributed by atoms with E-state index in [1.54, 1.807) is 0 Å². The largest absolute Gasteiger partial charge is 0.489 e. The van der Waals surface area contributed by atoms with Crippen LogP contribution in [0.15, 0.2) is 36.4 Å². The van der Waals surface area contributed by atoms with Gasteiger partial charge in [-0.3, -0.25) is 4.79 Å². The highest BCUT2D eigenvalue weighted by atomic mass is 19.4. The van der Waals surface area contributed by atoms with Crippen molar-refractivity contribution in [1.82, 2.24) is 0 Å². The number of hydrogen-bond acceptors (Lipinski definition) is 5. The van der Waals surface area contributed by atoms with Gasteiger partial charge in [-0.2, -0.15) is 13.2 Å². The van der Waals surface area contributed by atoms with Crippen molar-refractivity contribution < 1.29 is 45.8 Å². The summed E-state index contributed by atoms with van der Waals surface area (Å²) in [6.45, 7) is -0.776. The Morgan fingerprint density at radius 2 is 1.77 bits per heavy atom. The van der Waals surface area contributed by atoms with Gasteiger partial charge in [-0.05, 0) is 30.3 Å². The maximum atomic E-state index is 13.6. The smallest absolute Gasteiger partial charge is 0.416 e. The van der Waals surface area contributed by atoms with Crippen LogP contribution in [0.2, 0.25) is 0 Å². The maximum Gasteiger partial charge on any atom is 0.416 e. The number of hydrogen-bond donors (Lipinski definition) is 1. The molecule has 1 N–H and O–H groups in total. The number of halogens is 5. The fourth-order valence-electron chi connectivity index (χ4n) is 2.21. The normalized spacial score (nSPS) is 11.1. The van der Waals surface area contributed by atoms with Gasteiger partial charge < -0.3 is 19.5 Å². The molecule has 11 heteroatoms. The zero-order valence-electron chi connectivity index (χ0n) is 15.5. The standard InChI is InChI=1S/C19H16F5NO5/c1-28-6-7-29-16-5-2-11(19(22,23)24)8-15(16)25-17(26)10-30-18(27)13-4-3-12(20)9-14(13)21/h2-5,8-9H,6-7,10H2,1H3,(H,25,26). The minimum atomic E-state index is -4.67. The van der Waals surface area contributed by atoms with Crippen molar-refractivity contribution in [3.8, 4) is 5.75 Å². The van der Waals surface area contributed by atoms with Crippen molar-refractivity contribution in [1.29, 1.82) is 0 Å². The number of amides is 1. The van der Waals surface area contributed by atoms with Crippen LogP contribution in [0.4, 0.5) is 27.6 Å². The summed E-state index contributed by atoms with van der Waals surface area (Å²) >= 11 is 0. The van der Waals surface area contributed by atoms with Gasteiger partial charge in [0, 0.05) is 13.2 Å². The van der Waals surface area contributed by atoms with E-state index in [0.717, 1.165) is 24.3 Å². The van der Waals surface area contributed by atoms with Crippen molar-refractivity contribution in [2.24, 2.45) is 0 Å². The van der Waals surface area contributed by atoms with Crippen molar-refractivity contribution in [2.45, 2.75) is 6.18 Å². The van der Waals surface area contributed by atoms with Crippen LogP contribution in [0, 0.1) is 11.6 Å². The number of nitrogens with one attached hydrogen (secondary N) is 1. The third kappa shape index (κ3) is 6.41. The quantitative estimate of drug-likeness (QED) is 0.390. The van der Waals surface area contributed by atoms with Crippen molar-refractivity contribution >= 4 is 17.6 Å². The average molecular weight is 433 g/mol. The Morgan fingerprint density at radius 3 is 2.40 bits per heavy atom. The molecule has 162 valence electrons. The van der Waals surface area contributed by atoms with Gasteiger partial charge in [0.25, 0.3) is 5.91 Å². The SMILES string of the molecule is COCCOc1ccc(C(F)(F)F)cc1NC(=O)COC(=O)c1ccc(F)cc1F. The second kappa shape index (κ2) is 10.0. The van der Waals surface area contributed by atoms with Crippen LogP contribution in [0.1, 0.15) is 15.9 Å². The van der Waals surface area contributed by atoms with Crippen LogP contribution >= 0.6 is 0 Å². The first-order chi connectivity index (χ1) is 14.1. The minimum absolute atomic E-state index is 0.00354. The van der Waals surface area contributed by atoms with E-state index >= 15 is 0 Å². The summed E-state index contributed by atoms with van der Waals surface area (Å²) in [5, 5.41) is 2.14. The second-order valence-corrected chi connectivity index (χ2v) is 5.80. The molecule has 0 bridgehead atoms. The number of rotatable bonds is 8. The van der Waals surface area contributed by atoms with E-state index in [0.29, 0.717) is 12.1 Å². The number of carbonyl (C=O) groups is 2. The van der Waals surface area contributed by atoms with Gasteiger partial charge >= 0.3 is 12.1 Å². The summed E-state index contributed by atoms with van der Waals surface area (Å²) in [5.74, 6) is -4.41. The van der Waals surface area contributed by atoms with Gasteiger partial charge in [0.1, 0.15) is 24.0 Å². The molecule has 0 spiro atoms. The zero-order chi connectivity index (χ0) is 22.3. The Bertz CT molecular complexity index is 917. The Morgan fingerprint density at radius 1 is 1.03 bits per heavy atom. The Labute approximate surface area is 167 Å². The molecule has 0 aliphatic rings. The lowest BCUT2D eigenvalue weighted by Gasteiger charge is -2.15. The number of ether oxygens (including phenoxy) is 3. The summed E-state index contributed by atoms with van der Waals surface area (Å²) in [6, 6.07) is 4.57. The maximum absolute atomic E-state index is 13.6. The highest BCUT2D eigenvalue weighted by molar-refractivity contribution is 5.96. The molecular weight excluding hydrogens is 417 g/mol. The summed E-state index contributed by atoms with van der Waals surface area (Å²) in [7, 11) is 1.40. The monoisotopic (exact) mass is 433 g/mol. The molecule has 0 fully saturated rings. The van der Waals surface area contributed by atoms with Gasteiger partial charge in [-0.25, -0.2) is 13.6 Å². The summed E-state index contributed by atoms with van der Waals surface area (Å²) in [4.78, 5) is 23.8. The number of alkyl halides is 3. The fourth-order valence-corrected chi connectivity index (χ4v) is 2.21. The second-order valence-electron chi connectivity index (χ2n) is 5.80. The number of benzene rings is 2. The number of carbonyl (C=O) groups excluding carboxylic acids is 2. The Hall–Kier alpha value is -3.21. The molecule has 6 nitrogen and oxygen atoms in total. The van der Waals surface area contributed by atoms with Gasteiger partial charge in [-0.15, -0.1) is 0 Å². The molecular formula is C19H16F5NO5. The van der Waals surface area contributed by atoms with Crippen LogP contribution in [-0.4, -0.2) is 38.8 Å². The van der Waals surface area contributed by atoms with Gasteiger partial charge in [0.15, 0.2) is 6.61 Å². The fraction of sp³-hybridized carbons (Fsp3) is 0.263. The molecule has 0 aliphatic carbocycles. The van der Waals surface area contributed by atoms with Crippen LogP contribution < -0.4 is 10.1 Å². The van der Waals surface area contributed by atoms with Gasteiger partial charge in [0.05, 0.1) is 23.4 Å². The minimum Gasteiger partial charge on any atom is -0.489 e. The van der Waals surface area contributed by atoms with Crippen LogP contribution in [0.3, 0.4) is 0 Å². The predicted octanol–water partition coefficient (Wildman–Crippen LogP) is 3.80. The van der Waals surface area contributed by atoms with Gasteiger partial charge in [-0.1, -0.05) is 0 Å². The molecule has 2 aromatic carbocycles. The molecule has 0 heterocycles. The van der Waals surface area contributed by atoms with E-state index in [4.69, 9.17) is 9.47 Å². The lowest BCUT2D eigenvalue weighted by molar-refractivity contribution is -0.137. The van der Waals surface area contributed by atoms with E-state index in [2.05, 4.69) is 10.1 Å². The summed E-state index contributed by atoms with van der Waals surface area (Å²) < 4.78 is 79.9. The molecule has 1 amide bonds. The summed E-state index contributed by atoms with van der Waals surface area (Å²) in [6.07, 6.45) is -4.67. The molecule has 0 unspecified atom stereocenters. The molecule has 0 aliphatic heterocycles. The van der Waals surface area contributed by atoms with Gasteiger partial charge in [0.2, 0.25) is 0 Å². The first-order valence-electron chi connectivity index (χ1n) is 8.37. The number of methoxy groups -OCH3 is 1. The molecule has 2 aromatic rings. The first-order valence-corrected chi connectivity index (χ1v) is 8.37. The van der Waals surface area contributed by atoms with Crippen LogP contribution in [-0.2, 0) is 20.4 Å². The van der Waals surface area contributed by atoms with E-state index in [9.17, 15) is 31.5 Å². The number of esters is 1. The molecule has 0 saturated carbocycles. The number of anilines is 1. The van der Waals surface area contributed by atoms with Crippen molar-refractivity contribution in [3.05, 3.63) is 59.2 Å². The summed E-state index contributed by atoms with van der Waals surface area (Å²) in [5.41, 5.74) is -1.95. The predicted molar refractivity (Wildman–Crippen MR) is 94.1 cm³/mol. The van der Waals surface area contributed by atoms with Crippen molar-refractivity contribution in [3.63, 3.8) is 0 Å². The lowest BCUT2D eigenvalue weighted by atomic mass is 10.1. The molecule has 2 rings (SSSR count). The van der Waals surface area contributed by atoms with E-state index in [-0.39, 0.29) is 24.7 Å². The highest BCUT2D eigenvalue weighted by Crippen LogP contribution is 2.35. The van der Waals surface area contributed by atoms with Crippen LogP contribution in [0.25, 0.3) is 0 Å². The molecule has 0 saturated heterocycles. The topological polar surface area (TPSA) is 73.9 Å². The Kier molecular flexibility index (Phi) is 7.70. The zero-order valence-corrected chi connectivity index (χ0v) is 15.5. The van der Waals surface area contributed by atoms with Crippen LogP contribution in [0.5, 0.6) is 5.75 Å². The molecule has 0 atom stereocenters. The third-order valence-electron chi connectivity index (χ3n) is 3.61. The highest BCUT2D eigenvalue weighted by Gasteiger charge is 2.31. The van der Waals surface area contributed by atoms with E-state index < -0.39 is 47.4 Å². The molecule has 0 aromatic heterocycles. The average Bonchev–Trinajstić information content (AvgIpc) is 2.66. The van der Waals surface area contributed by atoms with E-state index in [1.807, 2.05) is 0 Å². The molecule has 0 radical (unpaired) electrons. The Balaban J connectivity index is 2.08. The molecule has 30 heavy (non-hydrogen) atoms. The lowest BCUT2D eigenvalue weighted by Crippen LogP contribution is -2.22. The first kappa shape index (κ1) is 23.1.